The predicted molar refractivity (Wildman–Crippen MR) is 98.8 cm³/mol. The smallest absolute Gasteiger partial charge is 0.303 e. The van der Waals surface area contributed by atoms with Crippen LogP contribution in [0.15, 0.2) is 54.2 Å². The molecule has 1 aliphatic rings. The van der Waals surface area contributed by atoms with Crippen molar-refractivity contribution in [1.82, 2.24) is 10.2 Å². The van der Waals surface area contributed by atoms with E-state index in [0.29, 0.717) is 11.6 Å². The van der Waals surface area contributed by atoms with E-state index in [0.717, 1.165) is 16.7 Å². The summed E-state index contributed by atoms with van der Waals surface area (Å²) in [5.41, 5.74) is 4.49. The summed E-state index contributed by atoms with van der Waals surface area (Å²) in [6.07, 6.45) is 1.72. The second-order valence-corrected chi connectivity index (χ2v) is 6.69. The van der Waals surface area contributed by atoms with Gasteiger partial charge in [0.15, 0.2) is 0 Å². The number of nitrogens with zero attached hydrogens (tertiary/aromatic N) is 1. The van der Waals surface area contributed by atoms with E-state index in [-0.39, 0.29) is 18.5 Å². The number of hydrogen-bond acceptors (Lipinski definition) is 2. The standard InChI is InChI=1S/C21H22N2O2/c1-14(2)18-9-7-16(8-10-18)12-19-20(24)23(21(25)22-19)13-17-6-4-5-15(3)11-17/h4-12,14H,13H2,1-3H3,(H,22,25)/b19-12+. The summed E-state index contributed by atoms with van der Waals surface area (Å²) in [6, 6.07) is 15.4. The predicted octanol–water partition coefficient (Wildman–Crippen LogP) is 4.21. The van der Waals surface area contributed by atoms with Gasteiger partial charge < -0.3 is 5.32 Å². The summed E-state index contributed by atoms with van der Waals surface area (Å²) in [6.45, 7) is 6.53. The van der Waals surface area contributed by atoms with Crippen LogP contribution in [0.5, 0.6) is 0 Å². The first-order valence-electron chi connectivity index (χ1n) is 8.44. The molecular formula is C21H22N2O2. The molecule has 1 fully saturated rings. The molecule has 25 heavy (non-hydrogen) atoms. The number of urea groups is 1. The lowest BCUT2D eigenvalue weighted by Crippen LogP contribution is -2.30. The first-order chi connectivity index (χ1) is 11.9. The number of benzene rings is 2. The second kappa shape index (κ2) is 6.93. The number of carbonyl (C=O) groups is 2. The third-order valence-electron chi connectivity index (χ3n) is 4.30. The summed E-state index contributed by atoms with van der Waals surface area (Å²) in [4.78, 5) is 26.0. The van der Waals surface area contributed by atoms with Gasteiger partial charge in [0, 0.05) is 0 Å². The number of nitrogens with one attached hydrogen (secondary N) is 1. The average molecular weight is 334 g/mol. The minimum atomic E-state index is -0.378. The summed E-state index contributed by atoms with van der Waals surface area (Å²) in [7, 11) is 0. The van der Waals surface area contributed by atoms with Crippen LogP contribution in [0.2, 0.25) is 0 Å². The molecule has 3 rings (SSSR count). The van der Waals surface area contributed by atoms with Gasteiger partial charge >= 0.3 is 6.03 Å². The largest absolute Gasteiger partial charge is 0.329 e. The molecule has 0 unspecified atom stereocenters. The Bertz CT molecular complexity index is 835. The number of amides is 3. The fraction of sp³-hybridized carbons (Fsp3) is 0.238. The quantitative estimate of drug-likeness (QED) is 0.672. The van der Waals surface area contributed by atoms with E-state index in [4.69, 9.17) is 0 Å². The van der Waals surface area contributed by atoms with E-state index in [2.05, 4.69) is 19.2 Å². The van der Waals surface area contributed by atoms with Crippen molar-refractivity contribution in [3.05, 3.63) is 76.5 Å². The molecule has 3 amide bonds. The van der Waals surface area contributed by atoms with Crippen LogP contribution in [0.3, 0.4) is 0 Å². The Morgan fingerprint density at radius 3 is 2.44 bits per heavy atom. The Labute approximate surface area is 148 Å². The number of carbonyl (C=O) groups excluding carboxylic acids is 2. The molecule has 4 nitrogen and oxygen atoms in total. The zero-order valence-electron chi connectivity index (χ0n) is 14.7. The Morgan fingerprint density at radius 2 is 1.80 bits per heavy atom. The van der Waals surface area contributed by atoms with Crippen molar-refractivity contribution in [1.29, 1.82) is 0 Å². The maximum absolute atomic E-state index is 12.6. The number of rotatable bonds is 4. The van der Waals surface area contributed by atoms with E-state index in [1.54, 1.807) is 6.08 Å². The number of aryl methyl sites for hydroxylation is 1. The minimum absolute atomic E-state index is 0.274. The van der Waals surface area contributed by atoms with Gasteiger partial charge in [-0.25, -0.2) is 4.79 Å². The van der Waals surface area contributed by atoms with Crippen molar-refractivity contribution in [2.45, 2.75) is 33.2 Å². The topological polar surface area (TPSA) is 49.4 Å². The molecule has 1 heterocycles. The molecule has 0 saturated carbocycles. The lowest BCUT2D eigenvalue weighted by Gasteiger charge is -2.12. The van der Waals surface area contributed by atoms with E-state index in [9.17, 15) is 9.59 Å². The van der Waals surface area contributed by atoms with Crippen LogP contribution in [0, 0.1) is 6.92 Å². The van der Waals surface area contributed by atoms with Gasteiger partial charge in [-0.3, -0.25) is 9.69 Å². The highest BCUT2D eigenvalue weighted by atomic mass is 16.2. The van der Waals surface area contributed by atoms with Crippen LogP contribution in [-0.4, -0.2) is 16.8 Å². The second-order valence-electron chi connectivity index (χ2n) is 6.69. The fourth-order valence-corrected chi connectivity index (χ4v) is 2.85. The molecule has 0 aromatic heterocycles. The van der Waals surface area contributed by atoms with Gasteiger partial charge in [-0.1, -0.05) is 67.9 Å². The Balaban J connectivity index is 1.78. The van der Waals surface area contributed by atoms with E-state index >= 15 is 0 Å². The molecule has 0 bridgehead atoms. The first-order valence-corrected chi connectivity index (χ1v) is 8.44. The highest BCUT2D eigenvalue weighted by Crippen LogP contribution is 2.19. The van der Waals surface area contributed by atoms with Gasteiger partial charge in [0.2, 0.25) is 0 Å². The SMILES string of the molecule is Cc1cccc(CN2C(=O)N/C(=C/c3ccc(C(C)C)cc3)C2=O)c1. The van der Waals surface area contributed by atoms with Crippen molar-refractivity contribution < 1.29 is 9.59 Å². The summed E-state index contributed by atoms with van der Waals surface area (Å²) in [5.74, 6) is 0.166. The Hall–Kier alpha value is -2.88. The molecule has 1 N–H and O–H groups in total. The highest BCUT2D eigenvalue weighted by Gasteiger charge is 2.33. The molecule has 4 heteroatoms. The fourth-order valence-electron chi connectivity index (χ4n) is 2.85. The lowest BCUT2D eigenvalue weighted by atomic mass is 10.0. The molecule has 0 atom stereocenters. The molecule has 1 aliphatic heterocycles. The van der Waals surface area contributed by atoms with Crippen LogP contribution in [0.1, 0.15) is 42.0 Å². The van der Waals surface area contributed by atoms with Crippen LogP contribution < -0.4 is 5.32 Å². The number of hydrogen-bond donors (Lipinski definition) is 1. The van der Waals surface area contributed by atoms with Gasteiger partial charge in [0.25, 0.3) is 5.91 Å². The molecule has 2 aromatic carbocycles. The third-order valence-corrected chi connectivity index (χ3v) is 4.30. The van der Waals surface area contributed by atoms with Crippen molar-refractivity contribution in [3.8, 4) is 0 Å². The zero-order valence-corrected chi connectivity index (χ0v) is 14.7. The lowest BCUT2D eigenvalue weighted by molar-refractivity contribution is -0.123. The van der Waals surface area contributed by atoms with Gasteiger partial charge in [-0.05, 0) is 35.6 Å². The van der Waals surface area contributed by atoms with Crippen molar-refractivity contribution in [3.63, 3.8) is 0 Å². The molecular weight excluding hydrogens is 312 g/mol. The molecule has 1 saturated heterocycles. The maximum atomic E-state index is 12.6. The van der Waals surface area contributed by atoms with E-state index < -0.39 is 0 Å². The average Bonchev–Trinajstić information content (AvgIpc) is 2.83. The van der Waals surface area contributed by atoms with Crippen LogP contribution >= 0.6 is 0 Å². The van der Waals surface area contributed by atoms with Crippen LogP contribution in [-0.2, 0) is 11.3 Å². The van der Waals surface area contributed by atoms with Gasteiger partial charge in [0.1, 0.15) is 5.70 Å². The first kappa shape index (κ1) is 17.0. The van der Waals surface area contributed by atoms with Crippen molar-refractivity contribution in [2.75, 3.05) is 0 Å². The van der Waals surface area contributed by atoms with E-state index in [1.807, 2.05) is 55.5 Å². The summed E-state index contributed by atoms with van der Waals surface area (Å²) < 4.78 is 0. The van der Waals surface area contributed by atoms with Crippen molar-refractivity contribution >= 4 is 18.0 Å². The highest BCUT2D eigenvalue weighted by molar-refractivity contribution is 6.13. The Morgan fingerprint density at radius 1 is 1.08 bits per heavy atom. The summed E-state index contributed by atoms with van der Waals surface area (Å²) in [5, 5.41) is 2.67. The van der Waals surface area contributed by atoms with E-state index in [1.165, 1.54) is 10.5 Å². The third kappa shape index (κ3) is 3.79. The minimum Gasteiger partial charge on any atom is -0.303 e. The number of imide groups is 1. The molecule has 128 valence electrons. The van der Waals surface area contributed by atoms with Gasteiger partial charge in [-0.2, -0.15) is 0 Å². The Kier molecular flexibility index (Phi) is 4.70. The molecule has 2 aromatic rings. The van der Waals surface area contributed by atoms with Crippen LogP contribution in [0.4, 0.5) is 4.79 Å². The normalized spacial score (nSPS) is 16.0. The summed E-state index contributed by atoms with van der Waals surface area (Å²) >= 11 is 0. The molecule has 0 spiro atoms. The van der Waals surface area contributed by atoms with Gasteiger partial charge in [0.05, 0.1) is 6.54 Å². The van der Waals surface area contributed by atoms with Crippen molar-refractivity contribution in [2.24, 2.45) is 0 Å². The molecule has 0 aliphatic carbocycles. The zero-order chi connectivity index (χ0) is 18.0. The molecule has 0 radical (unpaired) electrons. The monoisotopic (exact) mass is 334 g/mol. The van der Waals surface area contributed by atoms with Gasteiger partial charge in [-0.15, -0.1) is 0 Å². The maximum Gasteiger partial charge on any atom is 0.329 e. The van der Waals surface area contributed by atoms with Crippen LogP contribution in [0.25, 0.3) is 6.08 Å².